The van der Waals surface area contributed by atoms with Crippen LogP contribution in [-0.4, -0.2) is 22.0 Å². The van der Waals surface area contributed by atoms with Gasteiger partial charge < -0.3 is 4.90 Å². The Morgan fingerprint density at radius 1 is 1.47 bits per heavy atom. The maximum atomic E-state index is 11.0. The van der Waals surface area contributed by atoms with Crippen LogP contribution in [0.2, 0.25) is 0 Å². The Kier molecular flexibility index (Phi) is 2.64. The predicted molar refractivity (Wildman–Crippen MR) is 61.9 cm³/mol. The number of fused-ring (bicyclic) bond motifs is 1. The number of halogens is 1. The van der Waals surface area contributed by atoms with E-state index < -0.39 is 9.05 Å². The van der Waals surface area contributed by atoms with E-state index in [2.05, 4.69) is 4.90 Å². The highest BCUT2D eigenvalue weighted by molar-refractivity contribution is 8.13. The second-order valence-electron chi connectivity index (χ2n) is 3.77. The molecule has 0 N–H and O–H groups in total. The minimum atomic E-state index is -3.46. The third-order valence-electron chi connectivity index (χ3n) is 2.68. The lowest BCUT2D eigenvalue weighted by Crippen LogP contribution is -2.12. The van der Waals surface area contributed by atoms with Crippen LogP contribution in [0.15, 0.2) is 18.2 Å². The third kappa shape index (κ3) is 2.26. The maximum absolute atomic E-state index is 11.0. The SMILES string of the molecule is CN1CCc2c(CS(=O)(=O)Cl)cccc21. The Balaban J connectivity index is 2.43. The number of hydrogen-bond acceptors (Lipinski definition) is 3. The molecule has 82 valence electrons. The van der Waals surface area contributed by atoms with Crippen molar-refractivity contribution in [1.29, 1.82) is 0 Å². The van der Waals surface area contributed by atoms with Crippen LogP contribution in [0.3, 0.4) is 0 Å². The monoisotopic (exact) mass is 245 g/mol. The number of anilines is 1. The first-order chi connectivity index (χ1) is 6.97. The van der Waals surface area contributed by atoms with Crippen molar-refractivity contribution in [1.82, 2.24) is 0 Å². The highest BCUT2D eigenvalue weighted by Crippen LogP contribution is 2.30. The van der Waals surface area contributed by atoms with E-state index in [0.29, 0.717) is 0 Å². The average molecular weight is 246 g/mol. The zero-order chi connectivity index (χ0) is 11.1. The molecule has 1 aromatic rings. The Hall–Kier alpha value is -0.740. The van der Waals surface area contributed by atoms with E-state index in [4.69, 9.17) is 10.7 Å². The molecule has 1 heterocycles. The fourth-order valence-corrected chi connectivity index (χ4v) is 2.98. The van der Waals surface area contributed by atoms with Gasteiger partial charge in [0.1, 0.15) is 0 Å². The van der Waals surface area contributed by atoms with Crippen LogP contribution in [0, 0.1) is 0 Å². The maximum Gasteiger partial charge on any atom is 0.236 e. The van der Waals surface area contributed by atoms with E-state index in [-0.39, 0.29) is 5.75 Å². The van der Waals surface area contributed by atoms with Gasteiger partial charge >= 0.3 is 0 Å². The summed E-state index contributed by atoms with van der Waals surface area (Å²) in [6.45, 7) is 0.939. The van der Waals surface area contributed by atoms with Gasteiger partial charge in [-0.3, -0.25) is 0 Å². The number of hydrogen-bond donors (Lipinski definition) is 0. The van der Waals surface area contributed by atoms with Crippen molar-refractivity contribution in [3.8, 4) is 0 Å². The van der Waals surface area contributed by atoms with Gasteiger partial charge in [-0.1, -0.05) is 12.1 Å². The van der Waals surface area contributed by atoms with Crippen LogP contribution < -0.4 is 4.90 Å². The summed E-state index contributed by atoms with van der Waals surface area (Å²) in [6.07, 6.45) is 0.897. The van der Waals surface area contributed by atoms with Gasteiger partial charge in [-0.15, -0.1) is 0 Å². The first-order valence-electron chi connectivity index (χ1n) is 4.71. The summed E-state index contributed by atoms with van der Waals surface area (Å²) in [5.41, 5.74) is 3.06. The molecule has 3 nitrogen and oxygen atoms in total. The van der Waals surface area contributed by atoms with Gasteiger partial charge in [0.2, 0.25) is 9.05 Å². The molecule has 0 atom stereocenters. The predicted octanol–water partition coefficient (Wildman–Crippen LogP) is 1.75. The molecular formula is C10H12ClNO2S. The zero-order valence-electron chi connectivity index (χ0n) is 8.40. The van der Waals surface area contributed by atoms with Crippen LogP contribution in [-0.2, 0) is 21.2 Å². The molecule has 0 radical (unpaired) electrons. The minimum Gasteiger partial charge on any atom is -0.374 e. The lowest BCUT2D eigenvalue weighted by atomic mass is 10.1. The van der Waals surface area contributed by atoms with Gasteiger partial charge in [-0.2, -0.15) is 0 Å². The molecule has 0 amide bonds. The fraction of sp³-hybridized carbons (Fsp3) is 0.400. The van der Waals surface area contributed by atoms with Crippen molar-refractivity contribution in [2.45, 2.75) is 12.2 Å². The standard InChI is InChI=1S/C10H12ClNO2S/c1-12-6-5-9-8(7-15(11,13)14)3-2-4-10(9)12/h2-4H,5-7H2,1H3. The van der Waals surface area contributed by atoms with Crippen molar-refractivity contribution >= 4 is 25.4 Å². The summed E-state index contributed by atoms with van der Waals surface area (Å²) in [4.78, 5) is 2.12. The van der Waals surface area contributed by atoms with Gasteiger partial charge in [0, 0.05) is 30.0 Å². The molecule has 1 aliphatic heterocycles. The second-order valence-corrected chi connectivity index (χ2v) is 6.55. The van der Waals surface area contributed by atoms with E-state index in [1.54, 1.807) is 0 Å². The first kappa shape index (κ1) is 10.8. The molecule has 1 aliphatic rings. The molecule has 0 saturated carbocycles. The van der Waals surface area contributed by atoms with Crippen LogP contribution in [0.1, 0.15) is 11.1 Å². The summed E-state index contributed by atoms with van der Waals surface area (Å²) in [5.74, 6) is -0.0778. The van der Waals surface area contributed by atoms with Gasteiger partial charge in [0.15, 0.2) is 0 Å². The van der Waals surface area contributed by atoms with Crippen LogP contribution >= 0.6 is 10.7 Å². The second kappa shape index (κ2) is 3.68. The molecule has 1 aromatic carbocycles. The molecule has 15 heavy (non-hydrogen) atoms. The van der Waals surface area contributed by atoms with Gasteiger partial charge in [-0.25, -0.2) is 8.42 Å². The molecule has 2 rings (SSSR count). The zero-order valence-corrected chi connectivity index (χ0v) is 9.98. The van der Waals surface area contributed by atoms with Crippen LogP contribution in [0.5, 0.6) is 0 Å². The van der Waals surface area contributed by atoms with Crippen molar-refractivity contribution in [3.05, 3.63) is 29.3 Å². The summed E-state index contributed by atoms with van der Waals surface area (Å²) in [6, 6.07) is 5.71. The minimum absolute atomic E-state index is 0.0778. The van der Waals surface area contributed by atoms with Gasteiger partial charge in [-0.05, 0) is 23.6 Å². The quantitative estimate of drug-likeness (QED) is 0.745. The molecule has 0 aliphatic carbocycles. The highest BCUT2D eigenvalue weighted by atomic mass is 35.7. The van der Waals surface area contributed by atoms with Crippen molar-refractivity contribution in [2.24, 2.45) is 0 Å². The van der Waals surface area contributed by atoms with E-state index in [1.165, 1.54) is 0 Å². The van der Waals surface area contributed by atoms with Crippen LogP contribution in [0.4, 0.5) is 5.69 Å². The lowest BCUT2D eigenvalue weighted by molar-refractivity contribution is 0.608. The average Bonchev–Trinajstić information content (AvgIpc) is 2.47. The molecule has 0 bridgehead atoms. The molecule has 0 aromatic heterocycles. The van der Waals surface area contributed by atoms with E-state index in [1.807, 2.05) is 25.2 Å². The number of likely N-dealkylation sites (N-methyl/N-ethyl adjacent to an activating group) is 1. The topological polar surface area (TPSA) is 37.4 Å². The normalized spacial score (nSPS) is 15.5. The lowest BCUT2D eigenvalue weighted by Gasteiger charge is -2.12. The molecular weight excluding hydrogens is 234 g/mol. The Morgan fingerprint density at radius 3 is 2.87 bits per heavy atom. The summed E-state index contributed by atoms with van der Waals surface area (Å²) >= 11 is 0. The molecule has 0 spiro atoms. The molecule has 0 fully saturated rings. The molecule has 5 heteroatoms. The summed E-state index contributed by atoms with van der Waals surface area (Å²) in [7, 11) is 3.81. The third-order valence-corrected chi connectivity index (χ3v) is 3.67. The first-order valence-corrected chi connectivity index (χ1v) is 7.19. The van der Waals surface area contributed by atoms with Crippen molar-refractivity contribution < 1.29 is 8.42 Å². The van der Waals surface area contributed by atoms with Crippen LogP contribution in [0.25, 0.3) is 0 Å². The van der Waals surface area contributed by atoms with Gasteiger partial charge in [0.05, 0.1) is 5.75 Å². The van der Waals surface area contributed by atoms with E-state index >= 15 is 0 Å². The summed E-state index contributed by atoms with van der Waals surface area (Å²) < 4.78 is 22.1. The number of nitrogens with zero attached hydrogens (tertiary/aromatic N) is 1. The fourth-order valence-electron chi connectivity index (χ4n) is 1.99. The highest BCUT2D eigenvalue weighted by Gasteiger charge is 2.20. The smallest absolute Gasteiger partial charge is 0.236 e. The molecule has 0 unspecified atom stereocenters. The Bertz CT molecular complexity index is 484. The molecule has 0 saturated heterocycles. The Morgan fingerprint density at radius 2 is 2.20 bits per heavy atom. The Labute approximate surface area is 94.1 Å². The van der Waals surface area contributed by atoms with Gasteiger partial charge in [0.25, 0.3) is 0 Å². The van der Waals surface area contributed by atoms with E-state index in [9.17, 15) is 8.42 Å². The number of benzene rings is 1. The number of rotatable bonds is 2. The summed E-state index contributed by atoms with van der Waals surface area (Å²) in [5, 5.41) is 0. The largest absolute Gasteiger partial charge is 0.374 e. The van der Waals surface area contributed by atoms with Crippen molar-refractivity contribution in [2.75, 3.05) is 18.5 Å². The van der Waals surface area contributed by atoms with E-state index in [0.717, 1.165) is 29.8 Å². The van der Waals surface area contributed by atoms with Crippen molar-refractivity contribution in [3.63, 3.8) is 0 Å².